The number of aromatic nitrogens is 4. The highest BCUT2D eigenvalue weighted by Gasteiger charge is 2.12. The zero-order valence-corrected chi connectivity index (χ0v) is 17.5. The number of methoxy groups -OCH3 is 1. The van der Waals surface area contributed by atoms with E-state index < -0.39 is 0 Å². The van der Waals surface area contributed by atoms with E-state index in [2.05, 4.69) is 15.2 Å². The van der Waals surface area contributed by atoms with Gasteiger partial charge in [0.2, 0.25) is 11.7 Å². The molecule has 0 amide bonds. The summed E-state index contributed by atoms with van der Waals surface area (Å²) in [6, 6.07) is 18.0. The van der Waals surface area contributed by atoms with Crippen LogP contribution in [0, 0.1) is 0 Å². The predicted octanol–water partition coefficient (Wildman–Crippen LogP) is 3.80. The molecule has 8 nitrogen and oxygen atoms in total. The fraction of sp³-hybridized carbons (Fsp3) is 0.217. The van der Waals surface area contributed by atoms with E-state index in [0.29, 0.717) is 17.3 Å². The van der Waals surface area contributed by atoms with Crippen molar-refractivity contribution in [3.63, 3.8) is 0 Å². The van der Waals surface area contributed by atoms with E-state index in [9.17, 15) is 4.79 Å². The highest BCUT2D eigenvalue weighted by molar-refractivity contribution is 5.60. The number of hydrogen-bond acceptors (Lipinski definition) is 7. The molecular weight excluding hydrogens is 396 g/mol. The van der Waals surface area contributed by atoms with Crippen LogP contribution in [0.4, 0.5) is 0 Å². The second-order valence-corrected chi connectivity index (χ2v) is 7.15. The Balaban J connectivity index is 1.55. The van der Waals surface area contributed by atoms with Crippen LogP contribution in [-0.2, 0) is 6.54 Å². The SMILES string of the molecule is COc1cccc(-c2ccc(=O)n(Cc3nc(-c4ccc(OC(C)C)cc4)no3)n2)c1. The first kappa shape index (κ1) is 20.3. The Morgan fingerprint density at radius 1 is 1.00 bits per heavy atom. The average molecular weight is 418 g/mol. The molecule has 4 rings (SSSR count). The third-order valence-corrected chi connectivity index (χ3v) is 4.47. The summed E-state index contributed by atoms with van der Waals surface area (Å²) in [5.74, 6) is 2.20. The maximum Gasteiger partial charge on any atom is 0.267 e. The molecule has 31 heavy (non-hydrogen) atoms. The Bertz CT molecular complexity index is 1230. The lowest BCUT2D eigenvalue weighted by molar-refractivity contribution is 0.242. The largest absolute Gasteiger partial charge is 0.497 e. The quantitative estimate of drug-likeness (QED) is 0.451. The number of hydrogen-bond donors (Lipinski definition) is 0. The summed E-state index contributed by atoms with van der Waals surface area (Å²) in [5.41, 5.74) is 2.00. The fourth-order valence-electron chi connectivity index (χ4n) is 3.02. The molecule has 0 aliphatic heterocycles. The van der Waals surface area contributed by atoms with Crippen LogP contribution in [0.15, 0.2) is 70.0 Å². The van der Waals surface area contributed by atoms with Gasteiger partial charge in [0.15, 0.2) is 0 Å². The minimum absolute atomic E-state index is 0.0676. The monoisotopic (exact) mass is 418 g/mol. The lowest BCUT2D eigenvalue weighted by atomic mass is 10.1. The number of rotatable bonds is 7. The molecule has 2 heterocycles. The van der Waals surface area contributed by atoms with E-state index in [4.69, 9.17) is 14.0 Å². The Labute approximate surface area is 179 Å². The van der Waals surface area contributed by atoms with Gasteiger partial charge >= 0.3 is 0 Å². The molecule has 0 N–H and O–H groups in total. The van der Waals surface area contributed by atoms with Crippen molar-refractivity contribution in [3.05, 3.63) is 76.9 Å². The Hall–Kier alpha value is -3.94. The van der Waals surface area contributed by atoms with Crippen molar-refractivity contribution >= 4 is 0 Å². The van der Waals surface area contributed by atoms with Gasteiger partial charge in [0.25, 0.3) is 5.56 Å². The summed E-state index contributed by atoms with van der Waals surface area (Å²) in [5, 5.41) is 8.46. The average Bonchev–Trinajstić information content (AvgIpc) is 3.24. The molecule has 0 radical (unpaired) electrons. The normalized spacial score (nSPS) is 11.0. The maximum atomic E-state index is 12.3. The van der Waals surface area contributed by atoms with Gasteiger partial charge in [-0.05, 0) is 56.3 Å². The maximum absolute atomic E-state index is 12.3. The molecule has 0 saturated carbocycles. The van der Waals surface area contributed by atoms with Crippen molar-refractivity contribution in [1.29, 1.82) is 0 Å². The predicted molar refractivity (Wildman–Crippen MR) is 115 cm³/mol. The van der Waals surface area contributed by atoms with Gasteiger partial charge in [-0.1, -0.05) is 17.3 Å². The molecule has 0 unspecified atom stereocenters. The lowest BCUT2D eigenvalue weighted by Crippen LogP contribution is -2.23. The van der Waals surface area contributed by atoms with Gasteiger partial charge in [0.05, 0.1) is 18.9 Å². The van der Waals surface area contributed by atoms with E-state index in [1.807, 2.05) is 62.4 Å². The van der Waals surface area contributed by atoms with Crippen molar-refractivity contribution in [2.45, 2.75) is 26.5 Å². The van der Waals surface area contributed by atoms with Crippen molar-refractivity contribution in [1.82, 2.24) is 19.9 Å². The van der Waals surface area contributed by atoms with Gasteiger partial charge in [-0.2, -0.15) is 10.1 Å². The zero-order chi connectivity index (χ0) is 21.8. The van der Waals surface area contributed by atoms with Gasteiger partial charge in [-0.25, -0.2) is 4.68 Å². The van der Waals surface area contributed by atoms with Crippen LogP contribution in [0.1, 0.15) is 19.7 Å². The summed E-state index contributed by atoms with van der Waals surface area (Å²) < 4.78 is 17.5. The van der Waals surface area contributed by atoms with Gasteiger partial charge in [-0.3, -0.25) is 4.79 Å². The van der Waals surface area contributed by atoms with Crippen molar-refractivity contribution in [2.75, 3.05) is 7.11 Å². The van der Waals surface area contributed by atoms with Crippen LogP contribution in [-0.4, -0.2) is 33.1 Å². The first-order valence-electron chi connectivity index (χ1n) is 9.84. The molecule has 0 atom stereocenters. The Kier molecular flexibility index (Phi) is 5.79. The zero-order valence-electron chi connectivity index (χ0n) is 17.5. The highest BCUT2D eigenvalue weighted by atomic mass is 16.5. The second-order valence-electron chi connectivity index (χ2n) is 7.15. The molecule has 0 bridgehead atoms. The standard InChI is InChI=1S/C23H22N4O4/c1-15(2)30-18-9-7-16(8-10-18)23-24-21(31-26-23)14-27-22(28)12-11-20(25-27)17-5-4-6-19(13-17)29-3/h4-13,15H,14H2,1-3H3. The van der Waals surface area contributed by atoms with Gasteiger partial charge in [-0.15, -0.1) is 0 Å². The minimum Gasteiger partial charge on any atom is -0.497 e. The van der Waals surface area contributed by atoms with Crippen LogP contribution in [0.25, 0.3) is 22.6 Å². The molecule has 0 aliphatic carbocycles. The molecule has 0 fully saturated rings. The first-order valence-corrected chi connectivity index (χ1v) is 9.84. The summed E-state index contributed by atoms with van der Waals surface area (Å²) in [4.78, 5) is 16.7. The minimum atomic E-state index is -0.262. The first-order chi connectivity index (χ1) is 15.0. The van der Waals surface area contributed by atoms with Crippen molar-refractivity contribution < 1.29 is 14.0 Å². The van der Waals surface area contributed by atoms with Crippen LogP contribution < -0.4 is 15.0 Å². The van der Waals surface area contributed by atoms with Gasteiger partial charge in [0.1, 0.15) is 18.0 Å². The lowest BCUT2D eigenvalue weighted by Gasteiger charge is -2.09. The van der Waals surface area contributed by atoms with E-state index in [1.165, 1.54) is 10.7 Å². The molecule has 2 aromatic carbocycles. The van der Waals surface area contributed by atoms with Crippen LogP contribution in [0.2, 0.25) is 0 Å². The molecule has 4 aromatic rings. The molecule has 2 aromatic heterocycles. The fourth-order valence-corrected chi connectivity index (χ4v) is 3.02. The van der Waals surface area contributed by atoms with Gasteiger partial charge < -0.3 is 14.0 Å². The van der Waals surface area contributed by atoms with Crippen LogP contribution >= 0.6 is 0 Å². The summed E-state index contributed by atoms with van der Waals surface area (Å²) in [6.07, 6.45) is 0.0983. The van der Waals surface area contributed by atoms with Gasteiger partial charge in [0, 0.05) is 17.2 Å². The Morgan fingerprint density at radius 2 is 1.81 bits per heavy atom. The summed E-state index contributed by atoms with van der Waals surface area (Å²) in [7, 11) is 1.60. The van der Waals surface area contributed by atoms with E-state index >= 15 is 0 Å². The Morgan fingerprint density at radius 3 is 2.55 bits per heavy atom. The number of nitrogens with zero attached hydrogens (tertiary/aromatic N) is 4. The highest BCUT2D eigenvalue weighted by Crippen LogP contribution is 2.22. The van der Waals surface area contributed by atoms with Crippen LogP contribution in [0.3, 0.4) is 0 Å². The number of ether oxygens (including phenoxy) is 2. The molecular formula is C23H22N4O4. The van der Waals surface area contributed by atoms with E-state index in [-0.39, 0.29) is 24.1 Å². The van der Waals surface area contributed by atoms with E-state index in [0.717, 1.165) is 16.9 Å². The van der Waals surface area contributed by atoms with Crippen molar-refractivity contribution in [3.8, 4) is 34.1 Å². The third-order valence-electron chi connectivity index (χ3n) is 4.47. The summed E-state index contributed by atoms with van der Waals surface area (Å²) in [6.45, 7) is 4.01. The third kappa shape index (κ3) is 4.80. The molecule has 0 spiro atoms. The topological polar surface area (TPSA) is 92.3 Å². The molecule has 158 valence electrons. The van der Waals surface area contributed by atoms with E-state index in [1.54, 1.807) is 13.2 Å². The smallest absolute Gasteiger partial charge is 0.267 e. The molecule has 8 heteroatoms. The van der Waals surface area contributed by atoms with Crippen molar-refractivity contribution in [2.24, 2.45) is 0 Å². The second kappa shape index (κ2) is 8.83. The van der Waals surface area contributed by atoms with Crippen LogP contribution in [0.5, 0.6) is 11.5 Å². The molecule has 0 saturated heterocycles. The number of benzene rings is 2. The molecule has 0 aliphatic rings. The summed E-state index contributed by atoms with van der Waals surface area (Å²) >= 11 is 0.